The first-order valence-corrected chi connectivity index (χ1v) is 4.55. The van der Waals surface area contributed by atoms with Gasteiger partial charge in [-0.25, -0.2) is 0 Å². The van der Waals surface area contributed by atoms with Gasteiger partial charge in [-0.3, -0.25) is 0 Å². The molecule has 0 aromatic rings. The molecule has 0 N–H and O–H groups in total. The van der Waals surface area contributed by atoms with Crippen molar-refractivity contribution in [3.05, 3.63) is 48.6 Å². The molecule has 0 unspecified atom stereocenters. The normalized spacial score (nSPS) is 10.5. The molecule has 0 atom stereocenters. The Morgan fingerprint density at radius 2 is 1.06 bits per heavy atom. The van der Waals surface area contributed by atoms with Gasteiger partial charge < -0.3 is 19.8 Å². The molecule has 0 aliphatic rings. The van der Waals surface area contributed by atoms with Crippen molar-refractivity contribution in [3.8, 4) is 0 Å². The molecule has 0 aromatic carbocycles. The summed E-state index contributed by atoms with van der Waals surface area (Å²) in [4.78, 5) is 19.3. The summed E-state index contributed by atoms with van der Waals surface area (Å²) in [7, 11) is 0. The molecular weight excluding hydrogens is 321 g/mol. The molecular formula is C12H14CdO4. The first-order valence-electron chi connectivity index (χ1n) is 4.55. The number of hydrogen-bond acceptors (Lipinski definition) is 4. The van der Waals surface area contributed by atoms with Crippen LogP contribution in [0.25, 0.3) is 0 Å². The standard InChI is InChI=1S/2C6H8O2.Cd/c2*1-2-3-4-5-6(7)8;/h2*2-5H,1H3,(H,7,8);/q;;+2/p-2. The zero-order valence-corrected chi connectivity index (χ0v) is 14.0. The van der Waals surface area contributed by atoms with Crippen LogP contribution in [0.2, 0.25) is 0 Å². The molecule has 0 rings (SSSR count). The van der Waals surface area contributed by atoms with E-state index >= 15 is 0 Å². The third-order valence-corrected chi connectivity index (χ3v) is 1.07. The second-order valence-electron chi connectivity index (χ2n) is 2.41. The van der Waals surface area contributed by atoms with Crippen LogP contribution in [0.5, 0.6) is 0 Å². The van der Waals surface area contributed by atoms with Gasteiger partial charge in [-0.15, -0.1) is 0 Å². The molecule has 17 heavy (non-hydrogen) atoms. The number of carboxylic acid groups (broad SMARTS) is 2. The fraction of sp³-hybridized carbons (Fsp3) is 0.167. The van der Waals surface area contributed by atoms with Crippen molar-refractivity contribution in [1.82, 2.24) is 0 Å². The second kappa shape index (κ2) is 17.2. The summed E-state index contributed by atoms with van der Waals surface area (Å²) in [5, 5.41) is 19.3. The third-order valence-electron chi connectivity index (χ3n) is 1.07. The maximum atomic E-state index is 9.64. The van der Waals surface area contributed by atoms with Crippen LogP contribution in [-0.4, -0.2) is 11.9 Å². The molecule has 0 fully saturated rings. The van der Waals surface area contributed by atoms with Crippen LogP contribution in [0.4, 0.5) is 0 Å². The Kier molecular flexibility index (Phi) is 21.4. The first-order chi connectivity index (χ1) is 7.54. The predicted octanol–water partition coefficient (Wildman–Crippen LogP) is -0.265. The van der Waals surface area contributed by atoms with Crippen LogP contribution in [0.15, 0.2) is 48.6 Å². The van der Waals surface area contributed by atoms with Gasteiger partial charge in [0.2, 0.25) is 0 Å². The maximum absolute atomic E-state index is 9.64. The fourth-order valence-corrected chi connectivity index (χ4v) is 0.490. The monoisotopic (exact) mass is 336 g/mol. The van der Waals surface area contributed by atoms with E-state index in [2.05, 4.69) is 0 Å². The molecule has 5 heteroatoms. The van der Waals surface area contributed by atoms with Crippen molar-refractivity contribution in [1.29, 1.82) is 0 Å². The molecule has 4 nitrogen and oxygen atoms in total. The SMILES string of the molecule is CC=CC=CC(=O)[O-].CC=CC=CC(=O)[O-].[Cd+2]. The van der Waals surface area contributed by atoms with Gasteiger partial charge in [0.25, 0.3) is 0 Å². The molecule has 0 spiro atoms. The van der Waals surface area contributed by atoms with Gasteiger partial charge in [-0.05, 0) is 26.0 Å². The van der Waals surface area contributed by atoms with Gasteiger partial charge in [-0.2, -0.15) is 0 Å². The molecule has 0 aromatic heterocycles. The largest absolute Gasteiger partial charge is 2.00 e. The fourth-order valence-electron chi connectivity index (χ4n) is 0.490. The van der Waals surface area contributed by atoms with Crippen molar-refractivity contribution in [2.45, 2.75) is 13.8 Å². The molecule has 0 saturated carbocycles. The average molecular weight is 335 g/mol. The van der Waals surface area contributed by atoms with E-state index in [0.29, 0.717) is 0 Å². The Bertz CT molecular complexity index is 282. The van der Waals surface area contributed by atoms with Crippen LogP contribution >= 0.6 is 0 Å². The topological polar surface area (TPSA) is 80.3 Å². The number of aliphatic carboxylic acids is 2. The van der Waals surface area contributed by atoms with Gasteiger partial charge in [-0.1, -0.05) is 36.5 Å². The predicted molar refractivity (Wildman–Crippen MR) is 57.9 cm³/mol. The van der Waals surface area contributed by atoms with E-state index in [-0.39, 0.29) is 27.3 Å². The number of allylic oxidation sites excluding steroid dienone is 6. The van der Waals surface area contributed by atoms with E-state index in [1.807, 2.05) is 0 Å². The smallest absolute Gasteiger partial charge is 0.545 e. The quantitative estimate of drug-likeness (QED) is 0.403. The van der Waals surface area contributed by atoms with E-state index in [9.17, 15) is 19.8 Å². The van der Waals surface area contributed by atoms with Crippen LogP contribution < -0.4 is 10.2 Å². The number of carbonyl (C=O) groups excluding carboxylic acids is 2. The summed E-state index contributed by atoms with van der Waals surface area (Å²) in [5.74, 6) is -2.33. The Hall–Kier alpha value is -1.18. The minimum Gasteiger partial charge on any atom is -0.545 e. The van der Waals surface area contributed by atoms with E-state index in [0.717, 1.165) is 12.2 Å². The number of hydrogen-bond donors (Lipinski definition) is 0. The van der Waals surface area contributed by atoms with Gasteiger partial charge in [0.15, 0.2) is 0 Å². The second-order valence-corrected chi connectivity index (χ2v) is 2.41. The zero-order valence-electron chi connectivity index (χ0n) is 9.96. The number of carbonyl (C=O) groups is 2. The van der Waals surface area contributed by atoms with Gasteiger partial charge in [0.1, 0.15) is 0 Å². The van der Waals surface area contributed by atoms with Crippen molar-refractivity contribution in [2.75, 3.05) is 0 Å². The summed E-state index contributed by atoms with van der Waals surface area (Å²) in [6.45, 7) is 3.61. The molecule has 0 aliphatic carbocycles. The maximum Gasteiger partial charge on any atom is 2.00 e. The van der Waals surface area contributed by atoms with Crippen molar-refractivity contribution in [2.24, 2.45) is 0 Å². The van der Waals surface area contributed by atoms with E-state index in [1.54, 1.807) is 38.2 Å². The summed E-state index contributed by atoms with van der Waals surface area (Å²) >= 11 is 0. The molecule has 0 amide bonds. The van der Waals surface area contributed by atoms with Crippen molar-refractivity contribution >= 4 is 11.9 Å². The van der Waals surface area contributed by atoms with Gasteiger partial charge in [0.05, 0.1) is 11.9 Å². The molecule has 0 saturated heterocycles. The first kappa shape index (κ1) is 21.1. The Morgan fingerprint density at radius 1 is 0.765 bits per heavy atom. The van der Waals surface area contributed by atoms with Crippen LogP contribution in [0.1, 0.15) is 13.8 Å². The van der Waals surface area contributed by atoms with Gasteiger partial charge in [0, 0.05) is 0 Å². The molecule has 0 heterocycles. The minimum atomic E-state index is -1.16. The molecule has 0 radical (unpaired) electrons. The number of carboxylic acids is 2. The Labute approximate surface area is 121 Å². The summed E-state index contributed by atoms with van der Waals surface area (Å²) in [5.41, 5.74) is 0. The summed E-state index contributed by atoms with van der Waals surface area (Å²) in [6.07, 6.45) is 11.5. The Morgan fingerprint density at radius 3 is 1.24 bits per heavy atom. The number of rotatable bonds is 4. The molecule has 88 valence electrons. The third kappa shape index (κ3) is 31.3. The van der Waals surface area contributed by atoms with Crippen LogP contribution in [0, 0.1) is 0 Å². The zero-order chi connectivity index (χ0) is 12.8. The average Bonchev–Trinajstić information content (AvgIpc) is 2.18. The summed E-state index contributed by atoms with van der Waals surface area (Å²) in [6, 6.07) is 0. The van der Waals surface area contributed by atoms with Crippen molar-refractivity contribution < 1.29 is 47.1 Å². The van der Waals surface area contributed by atoms with E-state index in [1.165, 1.54) is 12.2 Å². The van der Waals surface area contributed by atoms with Gasteiger partial charge >= 0.3 is 27.3 Å². The van der Waals surface area contributed by atoms with Crippen molar-refractivity contribution in [3.63, 3.8) is 0 Å². The summed E-state index contributed by atoms with van der Waals surface area (Å²) < 4.78 is 0. The Balaban J connectivity index is -0.000000218. The van der Waals surface area contributed by atoms with E-state index < -0.39 is 11.9 Å². The molecule has 0 bridgehead atoms. The molecule has 0 aliphatic heterocycles. The minimum absolute atomic E-state index is 0. The van der Waals surface area contributed by atoms with Crippen LogP contribution in [-0.2, 0) is 36.9 Å². The van der Waals surface area contributed by atoms with E-state index in [4.69, 9.17) is 0 Å². The van der Waals surface area contributed by atoms with Crippen LogP contribution in [0.3, 0.4) is 0 Å².